The van der Waals surface area contributed by atoms with Crippen molar-refractivity contribution in [2.75, 3.05) is 31.6 Å². The number of nitrogens with one attached hydrogen (secondary N) is 1. The number of aryl methyl sites for hydroxylation is 2. The summed E-state index contributed by atoms with van der Waals surface area (Å²) in [6, 6.07) is 12.3. The number of likely N-dealkylation sites (N-methyl/N-ethyl adjacent to an activating group) is 1. The maximum absolute atomic E-state index is 13.4. The quantitative estimate of drug-likeness (QED) is 0.433. The Labute approximate surface area is 214 Å². The number of nitrogens with zero attached hydrogens (tertiary/aromatic N) is 5. The molecule has 2 aromatic carbocycles. The molecule has 1 N–H and O–H groups in total. The molecule has 1 aliphatic rings. The van der Waals surface area contributed by atoms with Gasteiger partial charge in [-0.2, -0.15) is 5.10 Å². The van der Waals surface area contributed by atoms with E-state index in [4.69, 9.17) is 0 Å². The summed E-state index contributed by atoms with van der Waals surface area (Å²) in [4.78, 5) is 28.1. The van der Waals surface area contributed by atoms with Crippen molar-refractivity contribution >= 4 is 28.4 Å². The maximum atomic E-state index is 13.4. The third-order valence-corrected chi connectivity index (χ3v) is 6.65. The molecule has 2 heterocycles. The molecule has 0 bridgehead atoms. The average Bonchev–Trinajstić information content (AvgIpc) is 3.42. The van der Waals surface area contributed by atoms with Crippen LogP contribution >= 0.6 is 0 Å². The highest BCUT2D eigenvalue weighted by atomic mass is 16.2. The number of hydrogen-bond acceptors (Lipinski definition) is 5. The summed E-state index contributed by atoms with van der Waals surface area (Å²) >= 11 is 0. The van der Waals surface area contributed by atoms with E-state index in [-0.39, 0.29) is 32.3 Å². The van der Waals surface area contributed by atoms with Gasteiger partial charge in [-0.25, -0.2) is 5.01 Å². The van der Waals surface area contributed by atoms with Crippen molar-refractivity contribution in [2.24, 2.45) is 7.05 Å². The lowest BCUT2D eigenvalue weighted by Crippen LogP contribution is -2.48. The zero-order valence-corrected chi connectivity index (χ0v) is 21.3. The Hall–Kier alpha value is -3.39. The Morgan fingerprint density at radius 2 is 1.78 bits per heavy atom. The summed E-state index contributed by atoms with van der Waals surface area (Å²) in [5.41, 5.74) is 5.19. The predicted octanol–water partition coefficient (Wildman–Crippen LogP) is 4.02. The molecule has 1 aromatic heterocycles. The van der Waals surface area contributed by atoms with Crippen LogP contribution in [0, 0.1) is 6.92 Å². The van der Waals surface area contributed by atoms with Crippen molar-refractivity contribution in [3.05, 3.63) is 59.3 Å². The summed E-state index contributed by atoms with van der Waals surface area (Å²) < 4.78 is 1.78. The number of hydrazine groups is 1. The third kappa shape index (κ3) is 6.23. The van der Waals surface area contributed by atoms with Gasteiger partial charge in [-0.1, -0.05) is 51.5 Å². The van der Waals surface area contributed by atoms with E-state index < -0.39 is 0 Å². The first kappa shape index (κ1) is 27.2. The zero-order chi connectivity index (χ0) is 24.9. The van der Waals surface area contributed by atoms with Crippen LogP contribution in [-0.2, 0) is 29.7 Å². The number of carbonyl (C=O) groups is 2. The number of hydrogen-bond donors (Lipinski definition) is 1. The number of carbonyl (C=O) groups excluding carboxylic acids is 2. The molecule has 36 heavy (non-hydrogen) atoms. The summed E-state index contributed by atoms with van der Waals surface area (Å²) in [5.74, 6) is -0.136. The number of benzene rings is 2. The van der Waals surface area contributed by atoms with E-state index in [1.807, 2.05) is 55.3 Å². The van der Waals surface area contributed by atoms with Crippen molar-refractivity contribution in [1.82, 2.24) is 25.1 Å². The van der Waals surface area contributed by atoms with E-state index in [0.29, 0.717) is 19.6 Å². The molecule has 8 nitrogen and oxygen atoms in total. The number of anilines is 1. The van der Waals surface area contributed by atoms with Gasteiger partial charge in [0.25, 0.3) is 5.91 Å². The van der Waals surface area contributed by atoms with Gasteiger partial charge in [0.15, 0.2) is 0 Å². The van der Waals surface area contributed by atoms with Crippen LogP contribution in [-0.4, -0.2) is 58.3 Å². The molecule has 0 saturated heterocycles. The molecular formula is C28H40N6O2. The van der Waals surface area contributed by atoms with Crippen molar-refractivity contribution in [3.8, 4) is 0 Å². The lowest BCUT2D eigenvalue weighted by molar-refractivity contribution is -0.145. The first-order valence-corrected chi connectivity index (χ1v) is 12.4. The number of fused-ring (bicyclic) bond motifs is 2. The Bertz CT molecular complexity index is 1180. The lowest BCUT2D eigenvalue weighted by Gasteiger charge is -2.32. The molecule has 3 aromatic rings. The summed E-state index contributed by atoms with van der Waals surface area (Å²) in [5, 5.41) is 12.3. The van der Waals surface area contributed by atoms with Crippen LogP contribution in [0.2, 0.25) is 0 Å². The smallest absolute Gasteiger partial charge is 0.256 e. The van der Waals surface area contributed by atoms with E-state index in [1.54, 1.807) is 9.69 Å². The highest BCUT2D eigenvalue weighted by Crippen LogP contribution is 2.27. The standard InChI is InChI=1S/C27H36N6O2.CH4/c1-5-6-9-12-28-26(34)18-32(25-14-24-23(13-20(25)2)15-30(3)29-24)19-27(35)31(4)33-16-21-10-7-8-11-22(21)17-33;/h7-8,10-11,13-15H,5-6,9,12,16-19H2,1-4H3,(H,28,34);1H4. The van der Waals surface area contributed by atoms with Crippen LogP contribution in [0.4, 0.5) is 5.69 Å². The maximum Gasteiger partial charge on any atom is 0.256 e. The second kappa shape index (κ2) is 12.0. The molecule has 0 aliphatic carbocycles. The third-order valence-electron chi connectivity index (χ3n) is 6.65. The normalized spacial score (nSPS) is 12.8. The van der Waals surface area contributed by atoms with Crippen LogP contribution < -0.4 is 10.2 Å². The fourth-order valence-corrected chi connectivity index (χ4v) is 4.65. The van der Waals surface area contributed by atoms with Gasteiger partial charge < -0.3 is 10.2 Å². The van der Waals surface area contributed by atoms with E-state index in [1.165, 1.54) is 11.1 Å². The minimum absolute atomic E-state index is 0. The van der Waals surface area contributed by atoms with Gasteiger partial charge in [-0.15, -0.1) is 0 Å². The predicted molar refractivity (Wildman–Crippen MR) is 145 cm³/mol. The van der Waals surface area contributed by atoms with E-state index in [2.05, 4.69) is 35.5 Å². The molecule has 0 spiro atoms. The monoisotopic (exact) mass is 492 g/mol. The van der Waals surface area contributed by atoms with Crippen LogP contribution in [0.1, 0.15) is 50.3 Å². The van der Waals surface area contributed by atoms with Crippen molar-refractivity contribution in [1.29, 1.82) is 0 Å². The van der Waals surface area contributed by atoms with Crippen molar-refractivity contribution < 1.29 is 9.59 Å². The van der Waals surface area contributed by atoms with Crippen LogP contribution in [0.5, 0.6) is 0 Å². The van der Waals surface area contributed by atoms with Crippen LogP contribution in [0.15, 0.2) is 42.6 Å². The molecule has 0 saturated carbocycles. The van der Waals surface area contributed by atoms with Crippen molar-refractivity contribution in [2.45, 2.75) is 53.6 Å². The van der Waals surface area contributed by atoms with Gasteiger partial charge >= 0.3 is 0 Å². The topological polar surface area (TPSA) is 73.7 Å². The van der Waals surface area contributed by atoms with Gasteiger partial charge in [0, 0.05) is 51.0 Å². The lowest BCUT2D eigenvalue weighted by atomic mass is 10.1. The molecule has 4 rings (SSSR count). The molecule has 2 amide bonds. The van der Waals surface area contributed by atoms with Gasteiger partial charge in [0.1, 0.15) is 0 Å². The van der Waals surface area contributed by atoms with Gasteiger partial charge in [-0.3, -0.25) is 19.3 Å². The van der Waals surface area contributed by atoms with Gasteiger partial charge in [0.2, 0.25) is 5.91 Å². The zero-order valence-electron chi connectivity index (χ0n) is 21.3. The highest BCUT2D eigenvalue weighted by Gasteiger charge is 2.27. The van der Waals surface area contributed by atoms with E-state index >= 15 is 0 Å². The fraction of sp³-hybridized carbons (Fsp3) is 0.464. The van der Waals surface area contributed by atoms with E-state index in [9.17, 15) is 9.59 Å². The molecule has 0 radical (unpaired) electrons. The molecule has 0 fully saturated rings. The Kier molecular flexibility index (Phi) is 9.09. The first-order valence-electron chi connectivity index (χ1n) is 12.4. The largest absolute Gasteiger partial charge is 0.355 e. The second-order valence-electron chi connectivity index (χ2n) is 9.42. The number of amides is 2. The SMILES string of the molecule is C.CCCCCNC(=O)CN(CC(=O)N(C)N1Cc2ccccc2C1)c1cc2nn(C)cc2cc1C. The number of aromatic nitrogens is 2. The molecular weight excluding hydrogens is 452 g/mol. The summed E-state index contributed by atoms with van der Waals surface area (Å²) in [6.07, 6.45) is 5.12. The molecule has 8 heteroatoms. The summed E-state index contributed by atoms with van der Waals surface area (Å²) in [7, 11) is 3.70. The summed E-state index contributed by atoms with van der Waals surface area (Å²) in [6.45, 7) is 6.43. The first-order chi connectivity index (χ1) is 16.9. The average molecular weight is 493 g/mol. The molecule has 0 unspecified atom stereocenters. The Balaban J connectivity index is 0.00000361. The Morgan fingerprint density at radius 1 is 1.08 bits per heavy atom. The van der Waals surface area contributed by atoms with Crippen LogP contribution in [0.25, 0.3) is 10.9 Å². The second-order valence-corrected chi connectivity index (χ2v) is 9.42. The molecule has 1 aliphatic heterocycles. The fourth-order valence-electron chi connectivity index (χ4n) is 4.65. The highest BCUT2D eigenvalue weighted by molar-refractivity contribution is 5.90. The number of unbranched alkanes of at least 4 members (excludes halogenated alkanes) is 2. The van der Waals surface area contributed by atoms with Gasteiger partial charge in [0.05, 0.1) is 18.6 Å². The van der Waals surface area contributed by atoms with Crippen LogP contribution in [0.3, 0.4) is 0 Å². The van der Waals surface area contributed by atoms with E-state index in [0.717, 1.165) is 41.4 Å². The van der Waals surface area contributed by atoms with Crippen molar-refractivity contribution in [3.63, 3.8) is 0 Å². The Morgan fingerprint density at radius 3 is 2.44 bits per heavy atom. The minimum atomic E-state index is -0.0781. The minimum Gasteiger partial charge on any atom is -0.355 e. The molecule has 194 valence electrons. The van der Waals surface area contributed by atoms with Gasteiger partial charge in [-0.05, 0) is 42.2 Å². The molecule has 0 atom stereocenters. The number of rotatable bonds is 10.